The van der Waals surface area contributed by atoms with Crippen LogP contribution in [0.2, 0.25) is 5.02 Å². The van der Waals surface area contributed by atoms with Crippen LogP contribution in [0.4, 0.5) is 9.18 Å². The van der Waals surface area contributed by atoms with E-state index in [1.807, 2.05) is 0 Å². The van der Waals surface area contributed by atoms with E-state index in [1.54, 1.807) is 12.1 Å². The van der Waals surface area contributed by atoms with Gasteiger partial charge in [0.25, 0.3) is 5.91 Å². The Morgan fingerprint density at radius 2 is 1.80 bits per heavy atom. The van der Waals surface area contributed by atoms with Crippen LogP contribution < -0.4 is 15.4 Å². The molecule has 2 aromatic rings. The van der Waals surface area contributed by atoms with Crippen molar-refractivity contribution in [3.8, 4) is 5.75 Å². The number of carbonyl (C=O) groups is 3. The van der Waals surface area contributed by atoms with Gasteiger partial charge >= 0.3 is 12.0 Å². The molecule has 0 aromatic heterocycles. The van der Waals surface area contributed by atoms with Crippen molar-refractivity contribution >= 4 is 35.6 Å². The minimum atomic E-state index is -0.685. The van der Waals surface area contributed by atoms with Crippen molar-refractivity contribution < 1.29 is 23.5 Å². The van der Waals surface area contributed by atoms with Crippen molar-refractivity contribution in [2.75, 3.05) is 0 Å². The van der Waals surface area contributed by atoms with Crippen molar-refractivity contribution in [3.05, 3.63) is 70.1 Å². The Labute approximate surface area is 146 Å². The Morgan fingerprint density at radius 3 is 2.40 bits per heavy atom. The maximum atomic E-state index is 13.1. The Hall–Kier alpha value is -3.19. The van der Waals surface area contributed by atoms with Crippen LogP contribution in [-0.4, -0.2) is 17.9 Å². The van der Waals surface area contributed by atoms with Gasteiger partial charge in [-0.05, 0) is 42.0 Å². The Balaban J connectivity index is 1.71. The molecule has 1 fully saturated rings. The Morgan fingerprint density at radius 1 is 1.08 bits per heavy atom. The first kappa shape index (κ1) is 16.7. The zero-order valence-corrected chi connectivity index (χ0v) is 13.3. The number of esters is 1. The van der Waals surface area contributed by atoms with Crippen LogP contribution in [0.5, 0.6) is 5.75 Å². The molecule has 25 heavy (non-hydrogen) atoms. The highest BCUT2D eigenvalue weighted by Gasteiger charge is 2.22. The molecule has 126 valence electrons. The van der Waals surface area contributed by atoms with Gasteiger partial charge in [0.1, 0.15) is 17.3 Å². The molecule has 3 rings (SSSR count). The molecule has 0 atom stereocenters. The molecule has 1 saturated heterocycles. The highest BCUT2D eigenvalue weighted by Crippen LogP contribution is 2.19. The summed E-state index contributed by atoms with van der Waals surface area (Å²) in [5.74, 6) is -1.57. The summed E-state index contributed by atoms with van der Waals surface area (Å²) in [6.07, 6.45) is 1.48. The topological polar surface area (TPSA) is 84.5 Å². The lowest BCUT2D eigenvalue weighted by atomic mass is 10.2. The monoisotopic (exact) mass is 360 g/mol. The van der Waals surface area contributed by atoms with Gasteiger partial charge in [0.15, 0.2) is 0 Å². The van der Waals surface area contributed by atoms with Crippen LogP contribution in [0.3, 0.4) is 0 Å². The Kier molecular flexibility index (Phi) is 4.49. The number of halogens is 2. The quantitative estimate of drug-likeness (QED) is 0.381. The molecule has 3 amide bonds. The number of imide groups is 1. The summed E-state index contributed by atoms with van der Waals surface area (Å²) in [5.41, 5.74) is 0.857. The average molecular weight is 361 g/mol. The van der Waals surface area contributed by atoms with Gasteiger partial charge in [0.05, 0.1) is 10.6 Å². The lowest BCUT2D eigenvalue weighted by Gasteiger charge is -2.05. The fourth-order valence-corrected chi connectivity index (χ4v) is 2.25. The molecule has 8 heteroatoms. The molecule has 0 saturated carbocycles. The van der Waals surface area contributed by atoms with E-state index in [-0.39, 0.29) is 22.0 Å². The molecule has 0 bridgehead atoms. The summed E-state index contributed by atoms with van der Waals surface area (Å²) in [4.78, 5) is 34.5. The van der Waals surface area contributed by atoms with Crippen molar-refractivity contribution in [1.82, 2.24) is 10.6 Å². The predicted molar refractivity (Wildman–Crippen MR) is 87.5 cm³/mol. The zero-order valence-electron chi connectivity index (χ0n) is 12.5. The second-order valence-corrected chi connectivity index (χ2v) is 5.46. The van der Waals surface area contributed by atoms with E-state index >= 15 is 0 Å². The fraction of sp³-hybridized carbons (Fsp3) is 0. The molecule has 1 aliphatic heterocycles. The van der Waals surface area contributed by atoms with E-state index in [2.05, 4.69) is 10.6 Å². The van der Waals surface area contributed by atoms with Crippen LogP contribution in [0.1, 0.15) is 15.9 Å². The number of benzene rings is 2. The van der Waals surface area contributed by atoms with E-state index in [4.69, 9.17) is 16.3 Å². The van der Waals surface area contributed by atoms with Gasteiger partial charge in [-0.3, -0.25) is 10.1 Å². The van der Waals surface area contributed by atoms with E-state index in [1.165, 1.54) is 30.3 Å². The largest absolute Gasteiger partial charge is 0.423 e. The summed E-state index contributed by atoms with van der Waals surface area (Å²) in [6, 6.07) is 9.18. The summed E-state index contributed by atoms with van der Waals surface area (Å²) < 4.78 is 18.3. The number of nitrogens with one attached hydrogen (secondary N) is 2. The maximum Gasteiger partial charge on any atom is 0.343 e. The Bertz CT molecular complexity index is 909. The molecule has 2 N–H and O–H groups in total. The third-order valence-electron chi connectivity index (χ3n) is 3.28. The van der Waals surface area contributed by atoms with Crippen molar-refractivity contribution in [2.24, 2.45) is 0 Å². The van der Waals surface area contributed by atoms with Crippen LogP contribution >= 0.6 is 11.6 Å². The standard InChI is InChI=1S/C17H10ClFN2O4/c18-12-8-10(3-6-13(12)19)16(23)25-11-4-1-9(2-5-11)7-14-15(22)21-17(24)20-14/h1-8H,(H2,20,21,22,24). The first-order valence-corrected chi connectivity index (χ1v) is 7.41. The van der Waals surface area contributed by atoms with Crippen LogP contribution in [0, 0.1) is 5.82 Å². The number of urea groups is 1. The summed E-state index contributed by atoms with van der Waals surface area (Å²) >= 11 is 5.63. The third-order valence-corrected chi connectivity index (χ3v) is 3.57. The maximum absolute atomic E-state index is 13.1. The number of hydrogen-bond acceptors (Lipinski definition) is 4. The first-order chi connectivity index (χ1) is 11.9. The average Bonchev–Trinajstić information content (AvgIpc) is 2.89. The number of hydrogen-bond donors (Lipinski definition) is 2. The van der Waals surface area contributed by atoms with Crippen LogP contribution in [-0.2, 0) is 4.79 Å². The highest BCUT2D eigenvalue weighted by atomic mass is 35.5. The van der Waals surface area contributed by atoms with Gasteiger partial charge < -0.3 is 10.1 Å². The molecular weight excluding hydrogens is 351 g/mol. The second-order valence-electron chi connectivity index (χ2n) is 5.05. The number of carbonyl (C=O) groups excluding carboxylic acids is 3. The normalized spacial score (nSPS) is 15.0. The number of amides is 3. The number of ether oxygens (including phenoxy) is 1. The van der Waals surface area contributed by atoms with Gasteiger partial charge in [-0.15, -0.1) is 0 Å². The van der Waals surface area contributed by atoms with Crippen LogP contribution in [0.15, 0.2) is 48.2 Å². The van der Waals surface area contributed by atoms with Gasteiger partial charge in [-0.25, -0.2) is 14.0 Å². The lowest BCUT2D eigenvalue weighted by molar-refractivity contribution is -0.115. The van der Waals surface area contributed by atoms with Crippen molar-refractivity contribution in [1.29, 1.82) is 0 Å². The molecule has 0 unspecified atom stereocenters. The lowest BCUT2D eigenvalue weighted by Crippen LogP contribution is -2.22. The molecule has 1 aliphatic rings. The minimum Gasteiger partial charge on any atom is -0.423 e. The van der Waals surface area contributed by atoms with Crippen LogP contribution in [0.25, 0.3) is 6.08 Å². The second kappa shape index (κ2) is 6.74. The molecule has 1 heterocycles. The van der Waals surface area contributed by atoms with Gasteiger partial charge in [-0.1, -0.05) is 23.7 Å². The van der Waals surface area contributed by atoms with E-state index in [9.17, 15) is 18.8 Å². The molecule has 0 aliphatic carbocycles. The molecular formula is C17H10ClFN2O4. The predicted octanol–water partition coefficient (Wildman–Crippen LogP) is 2.88. The fourth-order valence-electron chi connectivity index (χ4n) is 2.07. The smallest absolute Gasteiger partial charge is 0.343 e. The molecule has 0 spiro atoms. The highest BCUT2D eigenvalue weighted by molar-refractivity contribution is 6.31. The van der Waals surface area contributed by atoms with Crippen molar-refractivity contribution in [3.63, 3.8) is 0 Å². The van der Waals surface area contributed by atoms with E-state index in [0.717, 1.165) is 6.07 Å². The summed E-state index contributed by atoms with van der Waals surface area (Å²) in [6.45, 7) is 0. The van der Waals surface area contributed by atoms with E-state index in [0.29, 0.717) is 5.56 Å². The summed E-state index contributed by atoms with van der Waals surface area (Å²) in [7, 11) is 0. The third kappa shape index (κ3) is 3.84. The van der Waals surface area contributed by atoms with E-state index < -0.39 is 23.7 Å². The zero-order chi connectivity index (χ0) is 18.0. The molecule has 2 aromatic carbocycles. The van der Waals surface area contributed by atoms with Gasteiger partial charge in [0, 0.05) is 0 Å². The summed E-state index contributed by atoms with van der Waals surface area (Å²) in [5, 5.41) is 4.28. The first-order valence-electron chi connectivity index (χ1n) is 7.04. The molecule has 6 nitrogen and oxygen atoms in total. The van der Waals surface area contributed by atoms with Gasteiger partial charge in [-0.2, -0.15) is 0 Å². The van der Waals surface area contributed by atoms with Gasteiger partial charge in [0.2, 0.25) is 0 Å². The SMILES string of the molecule is O=C1NC(=O)C(=Cc2ccc(OC(=O)c3ccc(F)c(Cl)c3)cc2)N1. The number of rotatable bonds is 3. The van der Waals surface area contributed by atoms with Crippen molar-refractivity contribution in [2.45, 2.75) is 0 Å². The minimum absolute atomic E-state index is 0.114. The molecule has 0 radical (unpaired) electrons.